The average Bonchev–Trinajstić information content (AvgIpc) is 3.00. The number of aromatic nitrogens is 3. The minimum atomic E-state index is -4.68. The van der Waals surface area contributed by atoms with Crippen LogP contribution in [0.1, 0.15) is 32.9 Å². The summed E-state index contributed by atoms with van der Waals surface area (Å²) in [5.41, 5.74) is -1.83. The zero-order valence-corrected chi connectivity index (χ0v) is 18.0. The molecule has 0 bridgehead atoms. The van der Waals surface area contributed by atoms with Crippen molar-refractivity contribution in [2.75, 3.05) is 13.1 Å². The lowest BCUT2D eigenvalue weighted by atomic mass is 10.2. The van der Waals surface area contributed by atoms with E-state index in [0.717, 1.165) is 6.07 Å². The summed E-state index contributed by atoms with van der Waals surface area (Å²) in [6.45, 7) is 5.84. The van der Waals surface area contributed by atoms with Gasteiger partial charge in [0.2, 0.25) is 11.2 Å². The number of alkyl halides is 3. The minimum absolute atomic E-state index is 0.0990. The summed E-state index contributed by atoms with van der Waals surface area (Å²) in [5.74, 6) is -0.172. The molecule has 0 spiro atoms. The molecule has 0 radical (unpaired) electrons. The first kappa shape index (κ1) is 21.8. The Morgan fingerprint density at radius 2 is 1.97 bits per heavy atom. The number of hydrogen-bond donors (Lipinski definition) is 0. The molecule has 1 fully saturated rings. The van der Waals surface area contributed by atoms with Crippen LogP contribution in [0.4, 0.5) is 18.0 Å². The maximum atomic E-state index is 13.2. The van der Waals surface area contributed by atoms with E-state index >= 15 is 0 Å². The number of nitrogens with zero attached hydrogens (tertiary/aromatic N) is 4. The molecule has 1 amide bonds. The topological polar surface area (TPSA) is 77.4 Å². The van der Waals surface area contributed by atoms with E-state index in [4.69, 9.17) is 21.1 Å². The average molecular weight is 498 g/mol. The van der Waals surface area contributed by atoms with Gasteiger partial charge in [0.25, 0.3) is 0 Å². The molecule has 1 saturated heterocycles. The van der Waals surface area contributed by atoms with Crippen molar-refractivity contribution in [3.8, 4) is 5.88 Å². The van der Waals surface area contributed by atoms with Crippen molar-refractivity contribution < 1.29 is 27.4 Å². The quantitative estimate of drug-likeness (QED) is 0.552. The number of carbonyl (C=O) groups is 1. The second-order valence-electron chi connectivity index (χ2n) is 7.44. The Kier molecular flexibility index (Phi) is 5.83. The van der Waals surface area contributed by atoms with Crippen LogP contribution < -0.4 is 4.74 Å². The summed E-state index contributed by atoms with van der Waals surface area (Å²) < 4.78 is 50.4. The molecular formula is C17H17BrClF3N4O3. The fraction of sp³-hybridized carbons (Fsp3) is 0.529. The molecule has 29 heavy (non-hydrogen) atoms. The maximum Gasteiger partial charge on any atom is 0.434 e. The van der Waals surface area contributed by atoms with E-state index in [2.05, 4.69) is 30.9 Å². The van der Waals surface area contributed by atoms with Crippen LogP contribution in [-0.2, 0) is 10.9 Å². The number of carbonyl (C=O) groups excluding carboxylic acids is 1. The Morgan fingerprint density at radius 1 is 1.28 bits per heavy atom. The van der Waals surface area contributed by atoms with Gasteiger partial charge in [-0.1, -0.05) is 0 Å². The van der Waals surface area contributed by atoms with E-state index in [9.17, 15) is 18.0 Å². The third kappa shape index (κ3) is 5.19. The number of fused-ring (bicyclic) bond motifs is 1. The lowest BCUT2D eigenvalue weighted by Crippen LogP contribution is -2.36. The molecule has 7 nitrogen and oxygen atoms in total. The highest BCUT2D eigenvalue weighted by Gasteiger charge is 2.36. The predicted octanol–water partition coefficient (Wildman–Crippen LogP) is 4.85. The summed E-state index contributed by atoms with van der Waals surface area (Å²) >= 11 is 8.74. The first-order valence-electron chi connectivity index (χ1n) is 8.59. The van der Waals surface area contributed by atoms with Crippen molar-refractivity contribution in [3.63, 3.8) is 0 Å². The van der Waals surface area contributed by atoms with Gasteiger partial charge in [-0.25, -0.2) is 14.8 Å². The molecule has 12 heteroatoms. The second-order valence-corrected chi connectivity index (χ2v) is 8.63. The lowest BCUT2D eigenvalue weighted by Gasteiger charge is -2.24. The number of likely N-dealkylation sites (tertiary alicyclic amines) is 1. The molecule has 0 N–H and O–H groups in total. The first-order chi connectivity index (χ1) is 13.3. The molecule has 0 saturated carbocycles. The highest BCUT2D eigenvalue weighted by Crippen LogP contribution is 2.36. The largest absolute Gasteiger partial charge is 0.471 e. The maximum absolute atomic E-state index is 13.2. The van der Waals surface area contributed by atoms with Gasteiger partial charge in [-0.15, -0.1) is 0 Å². The van der Waals surface area contributed by atoms with Crippen molar-refractivity contribution >= 4 is 44.7 Å². The lowest BCUT2D eigenvalue weighted by molar-refractivity contribution is -0.141. The highest BCUT2D eigenvalue weighted by molar-refractivity contribution is 9.10. The van der Waals surface area contributed by atoms with Crippen LogP contribution in [0.5, 0.6) is 5.88 Å². The number of halogens is 5. The number of hydrogen-bond acceptors (Lipinski definition) is 6. The van der Waals surface area contributed by atoms with Crippen molar-refractivity contribution in [1.82, 2.24) is 19.9 Å². The molecule has 1 aliphatic rings. The summed E-state index contributed by atoms with van der Waals surface area (Å²) in [6, 6.07) is 1.16. The van der Waals surface area contributed by atoms with Gasteiger partial charge in [-0.05, 0) is 54.4 Å². The van der Waals surface area contributed by atoms with E-state index in [1.54, 1.807) is 20.8 Å². The van der Waals surface area contributed by atoms with Gasteiger partial charge in [0.05, 0.1) is 16.5 Å². The zero-order chi connectivity index (χ0) is 21.6. The van der Waals surface area contributed by atoms with Gasteiger partial charge >= 0.3 is 12.3 Å². The van der Waals surface area contributed by atoms with Crippen molar-refractivity contribution in [2.24, 2.45) is 0 Å². The molecule has 1 atom stereocenters. The van der Waals surface area contributed by atoms with Crippen molar-refractivity contribution in [1.29, 1.82) is 0 Å². The van der Waals surface area contributed by atoms with Gasteiger partial charge in [-0.2, -0.15) is 18.2 Å². The molecule has 3 rings (SSSR count). The fourth-order valence-electron chi connectivity index (χ4n) is 2.74. The minimum Gasteiger partial charge on any atom is -0.471 e. The Balaban J connectivity index is 1.86. The molecule has 0 aliphatic carbocycles. The van der Waals surface area contributed by atoms with E-state index < -0.39 is 29.7 Å². The van der Waals surface area contributed by atoms with E-state index in [1.807, 2.05) is 0 Å². The van der Waals surface area contributed by atoms with Crippen LogP contribution in [0, 0.1) is 0 Å². The standard InChI is InChI=1S/C17H17BrClF3N4O3/c1-16(2,3)29-15(27)26-5-4-8(7-26)28-13-11-10(23-14(19)25-13)6-9(18)12(24-11)17(20,21)22/h6,8H,4-5,7H2,1-3H3/t8-/m1/s1. The molecule has 2 aromatic heterocycles. The Morgan fingerprint density at radius 3 is 2.59 bits per heavy atom. The van der Waals surface area contributed by atoms with E-state index in [0.29, 0.717) is 13.0 Å². The molecule has 3 heterocycles. The number of rotatable bonds is 2. The second kappa shape index (κ2) is 7.75. The molecule has 0 aromatic carbocycles. The Hall–Kier alpha value is -1.88. The fourth-order valence-corrected chi connectivity index (χ4v) is 3.44. The third-order valence-electron chi connectivity index (χ3n) is 3.91. The van der Waals surface area contributed by atoms with Gasteiger partial charge in [-0.3, -0.25) is 0 Å². The summed E-state index contributed by atoms with van der Waals surface area (Å²) in [5, 5.41) is -0.192. The zero-order valence-electron chi connectivity index (χ0n) is 15.7. The highest BCUT2D eigenvalue weighted by atomic mass is 79.9. The summed E-state index contributed by atoms with van der Waals surface area (Å²) in [7, 11) is 0. The third-order valence-corrected chi connectivity index (χ3v) is 4.68. The summed E-state index contributed by atoms with van der Waals surface area (Å²) in [6.07, 6.45) is -5.22. The summed E-state index contributed by atoms with van der Waals surface area (Å²) in [4.78, 5) is 25.1. The van der Waals surface area contributed by atoms with E-state index in [1.165, 1.54) is 4.90 Å². The van der Waals surface area contributed by atoms with Crippen LogP contribution in [0.15, 0.2) is 10.5 Å². The molecular weight excluding hydrogens is 481 g/mol. The molecule has 158 valence electrons. The van der Waals surface area contributed by atoms with Crippen LogP contribution in [0.2, 0.25) is 5.28 Å². The van der Waals surface area contributed by atoms with Crippen LogP contribution >= 0.6 is 27.5 Å². The van der Waals surface area contributed by atoms with Gasteiger partial charge in [0.15, 0.2) is 11.2 Å². The Bertz CT molecular complexity index is 952. The SMILES string of the molecule is CC(C)(C)OC(=O)N1CC[C@@H](Oc2nc(Cl)nc3cc(Br)c(C(F)(F)F)nc23)C1. The normalized spacial score (nSPS) is 17.7. The molecule has 2 aromatic rings. The molecule has 0 unspecified atom stereocenters. The predicted molar refractivity (Wildman–Crippen MR) is 102 cm³/mol. The van der Waals surface area contributed by atoms with Crippen molar-refractivity contribution in [3.05, 3.63) is 21.5 Å². The Labute approximate surface area is 177 Å². The van der Waals surface area contributed by atoms with Crippen molar-refractivity contribution in [2.45, 2.75) is 45.1 Å². The number of amides is 1. The van der Waals surface area contributed by atoms with Crippen LogP contribution in [-0.4, -0.2) is 50.7 Å². The van der Waals surface area contributed by atoms with Crippen LogP contribution in [0.25, 0.3) is 11.0 Å². The van der Waals surface area contributed by atoms with Gasteiger partial charge in [0.1, 0.15) is 11.7 Å². The smallest absolute Gasteiger partial charge is 0.434 e. The first-order valence-corrected chi connectivity index (χ1v) is 9.76. The monoisotopic (exact) mass is 496 g/mol. The van der Waals surface area contributed by atoms with Gasteiger partial charge < -0.3 is 14.4 Å². The number of pyridine rings is 1. The van der Waals surface area contributed by atoms with E-state index in [-0.39, 0.29) is 33.2 Å². The van der Waals surface area contributed by atoms with Crippen LogP contribution in [0.3, 0.4) is 0 Å². The molecule has 1 aliphatic heterocycles. The number of ether oxygens (including phenoxy) is 2. The van der Waals surface area contributed by atoms with Gasteiger partial charge in [0, 0.05) is 13.0 Å².